The molecule has 1 atom stereocenters. The van der Waals surface area contributed by atoms with Gasteiger partial charge in [0.1, 0.15) is 0 Å². The van der Waals surface area contributed by atoms with Crippen LogP contribution in [0.5, 0.6) is 11.5 Å². The fourth-order valence-corrected chi connectivity index (χ4v) is 1.82. The van der Waals surface area contributed by atoms with E-state index in [0.29, 0.717) is 6.61 Å². The van der Waals surface area contributed by atoms with Gasteiger partial charge >= 0.3 is 0 Å². The van der Waals surface area contributed by atoms with E-state index in [2.05, 4.69) is 13.0 Å². The maximum absolute atomic E-state index is 5.88. The van der Waals surface area contributed by atoms with Gasteiger partial charge in [-0.25, -0.2) is 0 Å². The molecule has 102 valence electrons. The minimum atomic E-state index is 0.121. The zero-order chi connectivity index (χ0) is 13.4. The molecule has 1 aromatic carbocycles. The lowest BCUT2D eigenvalue weighted by molar-refractivity contribution is 0.270. The maximum Gasteiger partial charge on any atom is 0.164 e. The van der Waals surface area contributed by atoms with Crippen LogP contribution >= 0.6 is 0 Å². The van der Waals surface area contributed by atoms with Crippen LogP contribution in [0.15, 0.2) is 18.2 Å². The Morgan fingerprint density at radius 3 is 2.61 bits per heavy atom. The third kappa shape index (κ3) is 4.57. The van der Waals surface area contributed by atoms with Crippen LogP contribution in [0, 0.1) is 0 Å². The second-order valence-electron chi connectivity index (χ2n) is 4.56. The molecule has 3 heteroatoms. The molecular formula is C15H25NO2. The van der Waals surface area contributed by atoms with Crippen LogP contribution in [-0.4, -0.2) is 19.3 Å². The van der Waals surface area contributed by atoms with Crippen LogP contribution < -0.4 is 15.2 Å². The quantitative estimate of drug-likeness (QED) is 0.722. The van der Waals surface area contributed by atoms with E-state index in [4.69, 9.17) is 15.2 Å². The highest BCUT2D eigenvalue weighted by Crippen LogP contribution is 2.32. The van der Waals surface area contributed by atoms with Crippen molar-refractivity contribution in [2.75, 3.05) is 13.2 Å². The Morgan fingerprint density at radius 1 is 1.22 bits per heavy atom. The summed E-state index contributed by atoms with van der Waals surface area (Å²) in [6.07, 6.45) is 2.99. The maximum atomic E-state index is 5.88. The zero-order valence-electron chi connectivity index (χ0n) is 11.7. The topological polar surface area (TPSA) is 44.5 Å². The number of benzene rings is 1. The van der Waals surface area contributed by atoms with E-state index in [9.17, 15) is 0 Å². The van der Waals surface area contributed by atoms with Gasteiger partial charge in [-0.05, 0) is 38.3 Å². The largest absolute Gasteiger partial charge is 0.490 e. The molecule has 0 radical (unpaired) electrons. The summed E-state index contributed by atoms with van der Waals surface area (Å²) in [6.45, 7) is 7.51. The third-order valence-electron chi connectivity index (χ3n) is 2.65. The molecule has 0 heterocycles. The normalized spacial score (nSPS) is 12.2. The Kier molecular flexibility index (Phi) is 6.58. The minimum Gasteiger partial charge on any atom is -0.490 e. The molecule has 0 aliphatic carbocycles. The number of nitrogens with two attached hydrogens (primary N) is 1. The van der Waals surface area contributed by atoms with Gasteiger partial charge in [0.05, 0.1) is 13.2 Å². The molecule has 0 saturated heterocycles. The lowest BCUT2D eigenvalue weighted by Crippen LogP contribution is -2.18. The van der Waals surface area contributed by atoms with E-state index >= 15 is 0 Å². The molecule has 0 aliphatic heterocycles. The van der Waals surface area contributed by atoms with E-state index in [-0.39, 0.29) is 6.04 Å². The van der Waals surface area contributed by atoms with Crippen molar-refractivity contribution in [3.8, 4) is 11.5 Å². The van der Waals surface area contributed by atoms with E-state index in [1.807, 2.05) is 26.0 Å². The lowest BCUT2D eigenvalue weighted by atomic mass is 10.1. The Labute approximate surface area is 110 Å². The molecule has 0 bridgehead atoms. The van der Waals surface area contributed by atoms with E-state index in [1.165, 1.54) is 0 Å². The summed E-state index contributed by atoms with van der Waals surface area (Å²) < 4.78 is 11.5. The average Bonchev–Trinajstić information content (AvgIpc) is 2.32. The predicted molar refractivity (Wildman–Crippen MR) is 75.4 cm³/mol. The predicted octanol–water partition coefficient (Wildman–Crippen LogP) is 3.15. The van der Waals surface area contributed by atoms with Gasteiger partial charge in [-0.1, -0.05) is 25.5 Å². The van der Waals surface area contributed by atoms with Gasteiger partial charge in [0, 0.05) is 6.04 Å². The van der Waals surface area contributed by atoms with Crippen molar-refractivity contribution < 1.29 is 9.47 Å². The summed E-state index contributed by atoms with van der Waals surface area (Å²) >= 11 is 0. The number of hydrogen-bond acceptors (Lipinski definition) is 3. The fourth-order valence-electron chi connectivity index (χ4n) is 1.82. The van der Waals surface area contributed by atoms with E-state index in [1.54, 1.807) is 0 Å². The van der Waals surface area contributed by atoms with Crippen LogP contribution in [-0.2, 0) is 6.42 Å². The molecule has 1 unspecified atom stereocenters. The molecule has 0 aromatic heterocycles. The minimum absolute atomic E-state index is 0.121. The molecule has 0 saturated carbocycles. The van der Waals surface area contributed by atoms with Gasteiger partial charge in [-0.15, -0.1) is 0 Å². The molecule has 1 rings (SSSR count). The van der Waals surface area contributed by atoms with Crippen LogP contribution in [0.4, 0.5) is 0 Å². The van der Waals surface area contributed by atoms with Crippen molar-refractivity contribution in [3.05, 3.63) is 23.8 Å². The van der Waals surface area contributed by atoms with Crippen LogP contribution in [0.25, 0.3) is 0 Å². The second-order valence-corrected chi connectivity index (χ2v) is 4.56. The first-order valence-electron chi connectivity index (χ1n) is 6.82. The number of hydrogen-bond donors (Lipinski definition) is 1. The lowest BCUT2D eigenvalue weighted by Gasteiger charge is -2.16. The van der Waals surface area contributed by atoms with Gasteiger partial charge in [-0.3, -0.25) is 0 Å². The highest BCUT2D eigenvalue weighted by Gasteiger charge is 2.12. The zero-order valence-corrected chi connectivity index (χ0v) is 11.7. The summed E-state index contributed by atoms with van der Waals surface area (Å²) in [5, 5.41) is 0. The van der Waals surface area contributed by atoms with Crippen LogP contribution in [0.2, 0.25) is 0 Å². The van der Waals surface area contributed by atoms with Gasteiger partial charge < -0.3 is 15.2 Å². The highest BCUT2D eigenvalue weighted by atomic mass is 16.5. The number of unbranched alkanes of at least 4 members (excludes halogenated alkanes) is 1. The molecule has 0 aliphatic rings. The molecule has 3 nitrogen and oxygen atoms in total. The van der Waals surface area contributed by atoms with E-state index in [0.717, 1.165) is 42.9 Å². The van der Waals surface area contributed by atoms with Gasteiger partial charge in [0.15, 0.2) is 11.5 Å². The van der Waals surface area contributed by atoms with E-state index < -0.39 is 0 Å². The third-order valence-corrected chi connectivity index (χ3v) is 2.65. The number of para-hydroxylation sites is 1. The van der Waals surface area contributed by atoms with Gasteiger partial charge in [-0.2, -0.15) is 0 Å². The smallest absolute Gasteiger partial charge is 0.164 e. The van der Waals surface area contributed by atoms with Gasteiger partial charge in [0.2, 0.25) is 0 Å². The first kappa shape index (κ1) is 14.8. The Balaban J connectivity index is 2.88. The average molecular weight is 251 g/mol. The summed E-state index contributed by atoms with van der Waals surface area (Å²) in [6, 6.07) is 6.13. The molecule has 18 heavy (non-hydrogen) atoms. The first-order valence-corrected chi connectivity index (χ1v) is 6.82. The standard InChI is InChI=1S/C15H25NO2/c1-4-6-10-18-15-13(11-12(3)16)8-7-9-14(15)17-5-2/h7-9,12H,4-6,10-11,16H2,1-3H3. The summed E-state index contributed by atoms with van der Waals surface area (Å²) in [4.78, 5) is 0. The molecular weight excluding hydrogens is 226 g/mol. The van der Waals surface area contributed by atoms with Crippen LogP contribution in [0.3, 0.4) is 0 Å². The van der Waals surface area contributed by atoms with Crippen molar-refractivity contribution in [1.29, 1.82) is 0 Å². The SMILES string of the molecule is CCCCOc1c(CC(C)N)cccc1OCC. The monoisotopic (exact) mass is 251 g/mol. The summed E-state index contributed by atoms with van der Waals surface area (Å²) in [5.74, 6) is 1.69. The van der Waals surface area contributed by atoms with Gasteiger partial charge in [0.25, 0.3) is 0 Å². The Hall–Kier alpha value is -1.22. The van der Waals surface area contributed by atoms with Crippen LogP contribution in [0.1, 0.15) is 39.2 Å². The van der Waals surface area contributed by atoms with Crippen molar-refractivity contribution in [2.24, 2.45) is 5.73 Å². The molecule has 0 amide bonds. The number of rotatable bonds is 8. The molecule has 1 aromatic rings. The molecule has 0 fully saturated rings. The van der Waals surface area contributed by atoms with Crippen molar-refractivity contribution in [2.45, 2.75) is 46.1 Å². The Bertz CT molecular complexity index is 350. The summed E-state index contributed by atoms with van der Waals surface area (Å²) in [5.41, 5.74) is 7.01. The van der Waals surface area contributed by atoms with Crippen molar-refractivity contribution >= 4 is 0 Å². The number of ether oxygens (including phenoxy) is 2. The Morgan fingerprint density at radius 2 is 2.00 bits per heavy atom. The summed E-state index contributed by atoms with van der Waals surface area (Å²) in [7, 11) is 0. The first-order chi connectivity index (χ1) is 8.69. The fraction of sp³-hybridized carbons (Fsp3) is 0.600. The molecule has 0 spiro atoms. The highest BCUT2D eigenvalue weighted by molar-refractivity contribution is 5.47. The second kappa shape index (κ2) is 7.98. The van der Waals surface area contributed by atoms with Crippen molar-refractivity contribution in [1.82, 2.24) is 0 Å². The molecule has 2 N–H and O–H groups in total. The van der Waals surface area contributed by atoms with Crippen molar-refractivity contribution in [3.63, 3.8) is 0 Å².